The van der Waals surface area contributed by atoms with Crippen molar-refractivity contribution in [2.75, 3.05) is 69.1 Å². The zero-order valence-corrected chi connectivity index (χ0v) is 22.5. The summed E-state index contributed by atoms with van der Waals surface area (Å²) in [5.74, 6) is 0.979. The van der Waals surface area contributed by atoms with E-state index in [1.807, 2.05) is 23.1 Å². The van der Waals surface area contributed by atoms with Gasteiger partial charge in [0.25, 0.3) is 5.91 Å². The smallest absolute Gasteiger partial charge is 0.273 e. The number of aromatic nitrogens is 2. The molecule has 0 atom stereocenters. The number of carbonyl (C=O) groups excluding carboxylic acids is 2. The molecule has 5 rings (SSSR count). The molecule has 2 aromatic heterocycles. The normalized spacial score (nSPS) is 16.6. The molecule has 0 aliphatic carbocycles. The zero-order valence-electron chi connectivity index (χ0n) is 20.1. The summed E-state index contributed by atoms with van der Waals surface area (Å²) in [5.41, 5.74) is 1.07. The van der Waals surface area contributed by atoms with Crippen LogP contribution in [0.4, 0.5) is 16.6 Å². The fraction of sp³-hybridized carbons (Fsp3) is 0.360. The number of hydrogen-bond acceptors (Lipinski definition) is 8. The molecule has 0 saturated carbocycles. The summed E-state index contributed by atoms with van der Waals surface area (Å²) in [4.78, 5) is 42.8. The number of hydrogen-bond donors (Lipinski definition) is 1. The third-order valence-corrected chi connectivity index (χ3v) is 7.83. The average molecular weight is 561 g/mol. The number of nitrogens with zero attached hydrogens (tertiary/aromatic N) is 6. The van der Waals surface area contributed by atoms with Gasteiger partial charge in [-0.15, -0.1) is 11.3 Å². The second kappa shape index (κ2) is 11.6. The van der Waals surface area contributed by atoms with Crippen LogP contribution in [0.25, 0.3) is 0 Å². The van der Waals surface area contributed by atoms with E-state index in [0.29, 0.717) is 72.4 Å². The molecule has 3 aromatic rings. The van der Waals surface area contributed by atoms with Crippen molar-refractivity contribution >= 4 is 63.0 Å². The van der Waals surface area contributed by atoms with Crippen LogP contribution in [-0.4, -0.2) is 95.4 Å². The molecule has 9 nitrogen and oxygen atoms in total. The highest BCUT2D eigenvalue weighted by atomic mass is 35.5. The van der Waals surface area contributed by atoms with Crippen LogP contribution >= 0.6 is 34.5 Å². The summed E-state index contributed by atoms with van der Waals surface area (Å²) < 4.78 is 0. The van der Waals surface area contributed by atoms with E-state index in [1.165, 1.54) is 11.3 Å². The third kappa shape index (κ3) is 6.32. The summed E-state index contributed by atoms with van der Waals surface area (Å²) in [5, 5.41) is 6.50. The van der Waals surface area contributed by atoms with Crippen molar-refractivity contribution in [3.8, 4) is 0 Å². The molecular weight excluding hydrogens is 533 g/mol. The lowest BCUT2D eigenvalue weighted by atomic mass is 10.2. The van der Waals surface area contributed by atoms with Crippen LogP contribution in [0.15, 0.2) is 48.0 Å². The molecule has 1 aromatic carbocycles. The van der Waals surface area contributed by atoms with Gasteiger partial charge in [0.2, 0.25) is 5.91 Å². The Kier molecular flexibility index (Phi) is 8.09. The monoisotopic (exact) mass is 559 g/mol. The second-order valence-corrected chi connectivity index (χ2v) is 10.6. The number of piperazine rings is 2. The number of benzene rings is 1. The summed E-state index contributed by atoms with van der Waals surface area (Å²) in [6.45, 7) is 5.73. The summed E-state index contributed by atoms with van der Waals surface area (Å²) >= 11 is 13.5. The van der Waals surface area contributed by atoms with E-state index >= 15 is 0 Å². The van der Waals surface area contributed by atoms with Crippen molar-refractivity contribution in [3.05, 3.63) is 63.7 Å². The first-order valence-corrected chi connectivity index (χ1v) is 13.7. The Morgan fingerprint density at radius 2 is 1.70 bits per heavy atom. The first kappa shape index (κ1) is 25.7. The first-order valence-electron chi connectivity index (χ1n) is 12.1. The SMILES string of the molecule is O=C(CN1CCN(C(=O)c2csc(Nc3ccc(Cl)cc3Cl)n2)CC1)N1CCN(c2ccccn2)CC1. The molecule has 4 heterocycles. The lowest BCUT2D eigenvalue weighted by Crippen LogP contribution is -2.54. The quantitative estimate of drug-likeness (QED) is 0.492. The second-order valence-electron chi connectivity index (χ2n) is 8.91. The lowest BCUT2D eigenvalue weighted by molar-refractivity contribution is -0.133. The number of carbonyl (C=O) groups is 2. The molecule has 0 spiro atoms. The number of nitrogens with one attached hydrogen (secondary N) is 1. The number of thiazole rings is 1. The van der Waals surface area contributed by atoms with Gasteiger partial charge in [0.05, 0.1) is 17.3 Å². The Morgan fingerprint density at radius 3 is 2.41 bits per heavy atom. The van der Waals surface area contributed by atoms with Crippen molar-refractivity contribution in [1.82, 2.24) is 24.7 Å². The average Bonchev–Trinajstić information content (AvgIpc) is 3.39. The van der Waals surface area contributed by atoms with E-state index in [0.717, 1.165) is 18.9 Å². The standard InChI is InChI=1S/C25H27Cl2N7O2S/c26-18-4-5-20(19(27)15-18)29-25-30-21(17-37-25)24(36)34-9-7-31(8-10-34)16-23(35)33-13-11-32(12-14-33)22-3-1-2-6-28-22/h1-6,15,17H,7-14,16H2,(H,29,30). The van der Waals surface area contributed by atoms with Gasteiger partial charge in [0, 0.05) is 69.0 Å². The minimum absolute atomic E-state index is 0.108. The Morgan fingerprint density at radius 1 is 0.946 bits per heavy atom. The Hall–Kier alpha value is -2.92. The van der Waals surface area contributed by atoms with Crippen LogP contribution < -0.4 is 10.2 Å². The van der Waals surface area contributed by atoms with Gasteiger partial charge in [-0.1, -0.05) is 29.3 Å². The van der Waals surface area contributed by atoms with Gasteiger partial charge in [-0.3, -0.25) is 14.5 Å². The van der Waals surface area contributed by atoms with Crippen LogP contribution in [0, 0.1) is 0 Å². The maximum atomic E-state index is 13.0. The number of amides is 2. The van der Waals surface area contributed by atoms with Crippen LogP contribution in [0.1, 0.15) is 10.5 Å². The van der Waals surface area contributed by atoms with Gasteiger partial charge in [-0.05, 0) is 30.3 Å². The highest BCUT2D eigenvalue weighted by molar-refractivity contribution is 7.14. The van der Waals surface area contributed by atoms with Crippen LogP contribution in [0.2, 0.25) is 10.0 Å². The fourth-order valence-corrected chi connectivity index (χ4v) is 5.58. The molecule has 1 N–H and O–H groups in total. The zero-order chi connectivity index (χ0) is 25.8. The molecule has 2 fully saturated rings. The van der Waals surface area contributed by atoms with Gasteiger partial charge in [0.1, 0.15) is 11.5 Å². The van der Waals surface area contributed by atoms with Gasteiger partial charge in [0.15, 0.2) is 5.13 Å². The largest absolute Gasteiger partial charge is 0.353 e. The predicted molar refractivity (Wildman–Crippen MR) is 147 cm³/mol. The molecular formula is C25H27Cl2N7O2S. The lowest BCUT2D eigenvalue weighted by Gasteiger charge is -2.38. The predicted octanol–water partition coefficient (Wildman–Crippen LogP) is 3.70. The summed E-state index contributed by atoms with van der Waals surface area (Å²) in [6.07, 6.45) is 1.79. The molecule has 2 amide bonds. The van der Waals surface area contributed by atoms with Crippen LogP contribution in [0.3, 0.4) is 0 Å². The molecule has 0 radical (unpaired) electrons. The molecule has 194 valence electrons. The van der Waals surface area contributed by atoms with E-state index in [1.54, 1.807) is 34.7 Å². The Balaban J connectivity index is 1.07. The highest BCUT2D eigenvalue weighted by Gasteiger charge is 2.27. The number of halogens is 2. The van der Waals surface area contributed by atoms with Crippen molar-refractivity contribution in [2.24, 2.45) is 0 Å². The molecule has 2 saturated heterocycles. The minimum atomic E-state index is -0.108. The molecule has 12 heteroatoms. The third-order valence-electron chi connectivity index (χ3n) is 6.52. The van der Waals surface area contributed by atoms with E-state index < -0.39 is 0 Å². The van der Waals surface area contributed by atoms with Gasteiger partial charge >= 0.3 is 0 Å². The van der Waals surface area contributed by atoms with Crippen molar-refractivity contribution in [3.63, 3.8) is 0 Å². The molecule has 37 heavy (non-hydrogen) atoms. The van der Waals surface area contributed by atoms with Crippen molar-refractivity contribution in [2.45, 2.75) is 0 Å². The summed E-state index contributed by atoms with van der Waals surface area (Å²) in [6, 6.07) is 11.0. The van der Waals surface area contributed by atoms with Crippen molar-refractivity contribution < 1.29 is 9.59 Å². The van der Waals surface area contributed by atoms with Gasteiger partial charge in [-0.25, -0.2) is 9.97 Å². The van der Waals surface area contributed by atoms with E-state index in [4.69, 9.17) is 23.2 Å². The number of rotatable bonds is 6. The van der Waals surface area contributed by atoms with Gasteiger partial charge < -0.3 is 20.0 Å². The van der Waals surface area contributed by atoms with Gasteiger partial charge in [-0.2, -0.15) is 0 Å². The molecule has 2 aliphatic rings. The maximum Gasteiger partial charge on any atom is 0.273 e. The topological polar surface area (TPSA) is 84.9 Å². The van der Waals surface area contributed by atoms with Crippen molar-refractivity contribution in [1.29, 1.82) is 0 Å². The highest BCUT2D eigenvalue weighted by Crippen LogP contribution is 2.29. The molecule has 0 bridgehead atoms. The Labute approximate surface area is 229 Å². The van der Waals surface area contributed by atoms with E-state index in [9.17, 15) is 9.59 Å². The Bertz CT molecular complexity index is 1240. The van der Waals surface area contributed by atoms with Crippen LogP contribution in [0.5, 0.6) is 0 Å². The molecule has 2 aliphatic heterocycles. The van der Waals surface area contributed by atoms with Crippen LogP contribution in [-0.2, 0) is 4.79 Å². The maximum absolute atomic E-state index is 13.0. The molecule has 0 unspecified atom stereocenters. The number of anilines is 3. The summed E-state index contributed by atoms with van der Waals surface area (Å²) in [7, 11) is 0. The minimum Gasteiger partial charge on any atom is -0.353 e. The number of pyridine rings is 1. The fourth-order valence-electron chi connectivity index (χ4n) is 4.42. The van der Waals surface area contributed by atoms with E-state index in [-0.39, 0.29) is 11.8 Å². The van der Waals surface area contributed by atoms with E-state index in [2.05, 4.69) is 25.1 Å². The first-order chi connectivity index (χ1) is 18.0.